The number of nitro groups is 1. The minimum Gasteiger partial charge on any atom is -0.445 e. The van der Waals surface area contributed by atoms with Gasteiger partial charge in [0.15, 0.2) is 0 Å². The highest BCUT2D eigenvalue weighted by Crippen LogP contribution is 2.33. The summed E-state index contributed by atoms with van der Waals surface area (Å²) in [5, 5.41) is 13.8. The highest BCUT2D eigenvalue weighted by Gasteiger charge is 2.46. The van der Waals surface area contributed by atoms with Gasteiger partial charge in [0.1, 0.15) is 12.1 Å². The van der Waals surface area contributed by atoms with Crippen LogP contribution in [0.25, 0.3) is 0 Å². The van der Waals surface area contributed by atoms with Gasteiger partial charge in [-0.2, -0.15) is 0 Å². The molecule has 2 aromatic carbocycles. The van der Waals surface area contributed by atoms with Crippen molar-refractivity contribution in [3.63, 3.8) is 0 Å². The SMILES string of the molecule is CC1(C(=O)Nc2cc([N+](=O)[O-])ccc2Cl)CCCN1C(=O)OCc1ccccc1. The van der Waals surface area contributed by atoms with Crippen molar-refractivity contribution in [1.82, 2.24) is 4.90 Å². The third-order valence-electron chi connectivity index (χ3n) is 4.96. The van der Waals surface area contributed by atoms with Crippen LogP contribution < -0.4 is 5.32 Å². The lowest BCUT2D eigenvalue weighted by Gasteiger charge is -2.33. The van der Waals surface area contributed by atoms with E-state index in [9.17, 15) is 19.7 Å². The third kappa shape index (κ3) is 4.48. The van der Waals surface area contributed by atoms with E-state index in [1.807, 2.05) is 30.3 Å². The molecule has 1 atom stereocenters. The number of likely N-dealkylation sites (tertiary alicyclic amines) is 1. The van der Waals surface area contributed by atoms with E-state index in [-0.39, 0.29) is 23.0 Å². The van der Waals surface area contributed by atoms with Gasteiger partial charge in [0.05, 0.1) is 15.6 Å². The summed E-state index contributed by atoms with van der Waals surface area (Å²) >= 11 is 6.07. The molecule has 0 aliphatic carbocycles. The van der Waals surface area contributed by atoms with Crippen LogP contribution >= 0.6 is 11.6 Å². The highest BCUT2D eigenvalue weighted by molar-refractivity contribution is 6.33. The molecule has 0 radical (unpaired) electrons. The van der Waals surface area contributed by atoms with E-state index in [1.54, 1.807) is 6.92 Å². The van der Waals surface area contributed by atoms with E-state index < -0.39 is 22.5 Å². The number of hydrogen-bond acceptors (Lipinski definition) is 5. The number of nitrogens with one attached hydrogen (secondary N) is 1. The first-order chi connectivity index (χ1) is 13.8. The average molecular weight is 418 g/mol. The Labute approximate surface area is 172 Å². The van der Waals surface area contributed by atoms with Gasteiger partial charge in [0.25, 0.3) is 5.69 Å². The Morgan fingerprint density at radius 3 is 2.69 bits per heavy atom. The number of carbonyl (C=O) groups excluding carboxylic acids is 2. The standard InChI is InChI=1S/C20H20ClN3O5/c1-20(18(25)22-17-12-15(24(27)28)8-9-16(17)21)10-5-11-23(20)19(26)29-13-14-6-3-2-4-7-14/h2-4,6-9,12H,5,10-11,13H2,1H3,(H,22,25). The van der Waals surface area contributed by atoms with Crippen LogP contribution in [0.4, 0.5) is 16.2 Å². The summed E-state index contributed by atoms with van der Waals surface area (Å²) in [5.41, 5.74) is -0.381. The van der Waals surface area contributed by atoms with Gasteiger partial charge in [-0.25, -0.2) is 4.79 Å². The lowest BCUT2D eigenvalue weighted by atomic mass is 9.97. The number of halogens is 1. The number of ether oxygens (including phenoxy) is 1. The molecular formula is C20H20ClN3O5. The summed E-state index contributed by atoms with van der Waals surface area (Å²) in [6.45, 7) is 2.12. The Morgan fingerprint density at radius 1 is 1.28 bits per heavy atom. The zero-order chi connectivity index (χ0) is 21.0. The van der Waals surface area contributed by atoms with E-state index in [1.165, 1.54) is 23.1 Å². The molecule has 0 spiro atoms. The lowest BCUT2D eigenvalue weighted by molar-refractivity contribution is -0.384. The van der Waals surface area contributed by atoms with Gasteiger partial charge >= 0.3 is 6.09 Å². The molecule has 1 saturated heterocycles. The molecule has 9 heteroatoms. The van der Waals surface area contributed by atoms with Crippen LogP contribution in [0.2, 0.25) is 5.02 Å². The average Bonchev–Trinajstić information content (AvgIpc) is 3.11. The molecule has 1 aliphatic heterocycles. The van der Waals surface area contributed by atoms with Gasteiger partial charge in [0.2, 0.25) is 5.91 Å². The normalized spacial score (nSPS) is 18.3. The molecule has 1 heterocycles. The van der Waals surface area contributed by atoms with E-state index in [0.717, 1.165) is 5.56 Å². The number of hydrogen-bond donors (Lipinski definition) is 1. The Morgan fingerprint density at radius 2 is 2.00 bits per heavy atom. The van der Waals surface area contributed by atoms with Gasteiger partial charge in [-0.05, 0) is 31.4 Å². The molecule has 3 rings (SSSR count). The predicted octanol–water partition coefficient (Wildman–Crippen LogP) is 4.38. The zero-order valence-corrected chi connectivity index (χ0v) is 16.5. The number of benzene rings is 2. The van der Waals surface area contributed by atoms with E-state index in [2.05, 4.69) is 5.32 Å². The molecule has 1 N–H and O–H groups in total. The number of rotatable bonds is 5. The van der Waals surface area contributed by atoms with Crippen LogP contribution in [0.5, 0.6) is 0 Å². The molecule has 152 valence electrons. The number of anilines is 1. The third-order valence-corrected chi connectivity index (χ3v) is 5.29. The summed E-state index contributed by atoms with van der Waals surface area (Å²) in [6, 6.07) is 13.0. The largest absolute Gasteiger partial charge is 0.445 e. The first-order valence-electron chi connectivity index (χ1n) is 9.05. The smallest absolute Gasteiger partial charge is 0.410 e. The molecule has 1 unspecified atom stereocenters. The zero-order valence-electron chi connectivity index (χ0n) is 15.8. The maximum absolute atomic E-state index is 13.0. The van der Waals surface area contributed by atoms with E-state index in [4.69, 9.17) is 16.3 Å². The second-order valence-corrected chi connectivity index (χ2v) is 7.35. The second-order valence-electron chi connectivity index (χ2n) is 6.94. The van der Waals surface area contributed by atoms with Gasteiger partial charge in [-0.15, -0.1) is 0 Å². The first-order valence-corrected chi connectivity index (χ1v) is 9.43. The summed E-state index contributed by atoms with van der Waals surface area (Å²) in [7, 11) is 0. The molecule has 8 nitrogen and oxygen atoms in total. The fourth-order valence-electron chi connectivity index (χ4n) is 3.27. The van der Waals surface area contributed by atoms with Crippen molar-refractivity contribution in [1.29, 1.82) is 0 Å². The second kappa shape index (κ2) is 8.48. The summed E-state index contributed by atoms with van der Waals surface area (Å²) in [4.78, 5) is 37.4. The lowest BCUT2D eigenvalue weighted by Crippen LogP contribution is -2.53. The molecule has 2 amide bonds. The van der Waals surface area contributed by atoms with Crippen LogP contribution in [0.1, 0.15) is 25.3 Å². The van der Waals surface area contributed by atoms with Gasteiger partial charge in [-0.3, -0.25) is 19.8 Å². The maximum Gasteiger partial charge on any atom is 0.410 e. The minimum atomic E-state index is -1.15. The van der Waals surface area contributed by atoms with Crippen LogP contribution in [0.3, 0.4) is 0 Å². The van der Waals surface area contributed by atoms with Crippen LogP contribution in [0, 0.1) is 10.1 Å². The quantitative estimate of drug-likeness (QED) is 0.574. The maximum atomic E-state index is 13.0. The summed E-state index contributed by atoms with van der Waals surface area (Å²) in [5.74, 6) is -0.478. The number of carbonyl (C=O) groups is 2. The molecule has 29 heavy (non-hydrogen) atoms. The van der Waals surface area contributed by atoms with E-state index in [0.29, 0.717) is 19.4 Å². The number of amides is 2. The predicted molar refractivity (Wildman–Crippen MR) is 108 cm³/mol. The fraction of sp³-hybridized carbons (Fsp3) is 0.300. The van der Waals surface area contributed by atoms with Crippen molar-refractivity contribution in [2.24, 2.45) is 0 Å². The van der Waals surface area contributed by atoms with Crippen molar-refractivity contribution in [2.45, 2.75) is 31.9 Å². The minimum absolute atomic E-state index is 0.102. The Kier molecular flexibility index (Phi) is 6.03. The number of nitro benzene ring substituents is 1. The van der Waals surface area contributed by atoms with Gasteiger partial charge < -0.3 is 10.1 Å². The first kappa shape index (κ1) is 20.6. The molecule has 1 fully saturated rings. The summed E-state index contributed by atoms with van der Waals surface area (Å²) < 4.78 is 5.37. The van der Waals surface area contributed by atoms with Crippen molar-refractivity contribution >= 4 is 35.0 Å². The number of non-ortho nitro benzene ring substituents is 1. The van der Waals surface area contributed by atoms with Crippen LogP contribution in [-0.4, -0.2) is 33.9 Å². The van der Waals surface area contributed by atoms with E-state index >= 15 is 0 Å². The molecule has 0 aromatic heterocycles. The Hall–Kier alpha value is -3.13. The topological polar surface area (TPSA) is 102 Å². The number of nitrogens with zero attached hydrogens (tertiary/aromatic N) is 2. The monoisotopic (exact) mass is 417 g/mol. The van der Waals surface area contributed by atoms with Crippen LogP contribution in [-0.2, 0) is 16.1 Å². The summed E-state index contributed by atoms with van der Waals surface area (Å²) in [6.07, 6.45) is 0.480. The molecular weight excluding hydrogens is 398 g/mol. The van der Waals surface area contributed by atoms with Crippen molar-refractivity contribution in [3.05, 3.63) is 69.2 Å². The fourth-order valence-corrected chi connectivity index (χ4v) is 3.43. The molecule has 0 saturated carbocycles. The van der Waals surface area contributed by atoms with Gasteiger partial charge in [-0.1, -0.05) is 41.9 Å². The van der Waals surface area contributed by atoms with Crippen molar-refractivity contribution < 1.29 is 19.2 Å². The van der Waals surface area contributed by atoms with Gasteiger partial charge in [0, 0.05) is 18.7 Å². The van der Waals surface area contributed by atoms with Crippen LogP contribution in [0.15, 0.2) is 48.5 Å². The van der Waals surface area contributed by atoms with Crippen molar-refractivity contribution in [2.75, 3.05) is 11.9 Å². The molecule has 2 aromatic rings. The highest BCUT2D eigenvalue weighted by atomic mass is 35.5. The molecule has 0 bridgehead atoms. The Balaban J connectivity index is 1.72. The Bertz CT molecular complexity index is 937. The van der Waals surface area contributed by atoms with Crippen molar-refractivity contribution in [3.8, 4) is 0 Å². The molecule has 1 aliphatic rings.